The van der Waals surface area contributed by atoms with Gasteiger partial charge in [0.1, 0.15) is 47.4 Å². The van der Waals surface area contributed by atoms with Crippen molar-refractivity contribution >= 4 is 56.9 Å². The van der Waals surface area contributed by atoms with Gasteiger partial charge in [-0.2, -0.15) is 0 Å². The van der Waals surface area contributed by atoms with E-state index in [1.807, 2.05) is 48.5 Å². The number of rotatable bonds is 15. The van der Waals surface area contributed by atoms with Gasteiger partial charge in [0.25, 0.3) is 0 Å². The van der Waals surface area contributed by atoms with E-state index >= 15 is 0 Å². The number of nitrogens with one attached hydrogen (secondary N) is 3. The number of nitrogens with zero attached hydrogens (tertiary/aromatic N) is 8. The van der Waals surface area contributed by atoms with Crippen molar-refractivity contribution in [3.8, 4) is 34.3 Å². The molecule has 340 valence electrons. The summed E-state index contributed by atoms with van der Waals surface area (Å²) in [5.41, 5.74) is 6.87. The van der Waals surface area contributed by atoms with E-state index in [-0.39, 0.29) is 0 Å². The molecule has 0 unspecified atom stereocenters. The van der Waals surface area contributed by atoms with Gasteiger partial charge in [0.15, 0.2) is 11.3 Å². The van der Waals surface area contributed by atoms with Crippen molar-refractivity contribution in [1.29, 1.82) is 0 Å². The lowest BCUT2D eigenvalue weighted by Gasteiger charge is -2.26. The molecule has 8 heterocycles. The molecule has 0 atom stereocenters. The Morgan fingerprint density at radius 2 is 1.02 bits per heavy atom. The third-order valence-electron chi connectivity index (χ3n) is 12.0. The Balaban J connectivity index is 0.000000163. The van der Waals surface area contributed by atoms with Crippen LogP contribution >= 0.6 is 23.2 Å². The Labute approximate surface area is 383 Å². The molecule has 0 radical (unpaired) electrons. The molecule has 4 saturated heterocycles. The molecular formula is C46H57Cl2N11O5. The first-order valence-corrected chi connectivity index (χ1v) is 23.2. The van der Waals surface area contributed by atoms with Crippen molar-refractivity contribution in [1.82, 2.24) is 44.6 Å². The van der Waals surface area contributed by atoms with E-state index < -0.39 is 0 Å². The maximum absolute atomic E-state index is 6.49. The lowest BCUT2D eigenvalue weighted by Crippen LogP contribution is -2.39. The van der Waals surface area contributed by atoms with E-state index in [1.54, 1.807) is 12.4 Å². The quantitative estimate of drug-likeness (QED) is 0.105. The number of benzene rings is 2. The predicted octanol–water partition coefficient (Wildman–Crippen LogP) is 6.32. The molecule has 18 heteroatoms. The summed E-state index contributed by atoms with van der Waals surface area (Å²) in [6, 6.07) is 16.0. The standard InChI is InChI=1S/C24H31ClN6O3.C22H26ClN5O2/c25-20-17-27-24-22(21(20)26-5-6-30-7-12-32-13-8-30)28-23(29-24)18-1-3-19(4-2-18)34-16-11-31-9-14-33-15-10-31;23-18-15-24-22-19(20(18)28-7-1-2-8-28)25-21(26-22)16-3-5-17(6-4-16)30-14-11-27-9-12-29-13-10-27/h1-4,17H,5-16H2,(H2,26,27,28,29);3-6,15H,1-2,7-14H2,(H,24,25,26). The van der Waals surface area contributed by atoms with Gasteiger partial charge in [-0.25, -0.2) is 19.9 Å². The number of hydrogen-bond donors (Lipinski definition) is 3. The third kappa shape index (κ3) is 11.4. The number of fused-ring (bicyclic) bond motifs is 2. The number of aromatic amines is 2. The van der Waals surface area contributed by atoms with Crippen LogP contribution in [0.2, 0.25) is 10.0 Å². The molecule has 3 N–H and O–H groups in total. The third-order valence-corrected chi connectivity index (χ3v) is 12.6. The molecule has 4 aromatic heterocycles. The van der Waals surface area contributed by atoms with Gasteiger partial charge in [-0.15, -0.1) is 0 Å². The van der Waals surface area contributed by atoms with Crippen molar-refractivity contribution in [2.24, 2.45) is 0 Å². The van der Waals surface area contributed by atoms with E-state index in [4.69, 9.17) is 51.9 Å². The summed E-state index contributed by atoms with van der Waals surface area (Å²) >= 11 is 13.0. The number of anilines is 2. The monoisotopic (exact) mass is 913 g/mol. The highest BCUT2D eigenvalue weighted by molar-refractivity contribution is 6.35. The van der Waals surface area contributed by atoms with E-state index in [0.717, 1.165) is 175 Å². The number of imidazole rings is 2. The number of halogens is 2. The summed E-state index contributed by atoms with van der Waals surface area (Å²) in [4.78, 5) is 34.5. The number of H-pyrrole nitrogens is 2. The van der Waals surface area contributed by atoms with Crippen LogP contribution in [0.1, 0.15) is 12.8 Å². The second kappa shape index (κ2) is 21.9. The average Bonchev–Trinajstić information content (AvgIpc) is 4.13. The number of morpholine rings is 3. The summed E-state index contributed by atoms with van der Waals surface area (Å²) in [7, 11) is 0. The Kier molecular flexibility index (Phi) is 15.2. The Bertz CT molecular complexity index is 2390. The van der Waals surface area contributed by atoms with Crippen LogP contribution in [0.3, 0.4) is 0 Å². The first kappa shape index (κ1) is 44.4. The highest BCUT2D eigenvalue weighted by Gasteiger charge is 2.22. The van der Waals surface area contributed by atoms with E-state index in [2.05, 4.69) is 49.8 Å². The Morgan fingerprint density at radius 3 is 1.53 bits per heavy atom. The molecule has 64 heavy (non-hydrogen) atoms. The molecule has 0 amide bonds. The molecule has 0 aliphatic carbocycles. The van der Waals surface area contributed by atoms with Crippen LogP contribution in [0.15, 0.2) is 60.9 Å². The SMILES string of the molecule is Clc1cnc2nc(-c3ccc(OCCN4CCOCC4)cc3)[nH]c2c1N1CCCC1.Clc1cnc2nc(-c3ccc(OCCN4CCOCC4)cc3)[nH]c2c1NCCN1CCOCC1. The second-order valence-corrected chi connectivity index (χ2v) is 17.0. The molecule has 0 bridgehead atoms. The molecule has 6 aromatic rings. The summed E-state index contributed by atoms with van der Waals surface area (Å²) in [6.45, 7) is 17.5. The number of aromatic nitrogens is 6. The first-order chi connectivity index (χ1) is 31.5. The largest absolute Gasteiger partial charge is 0.492 e. The molecule has 0 saturated carbocycles. The minimum Gasteiger partial charge on any atom is -0.492 e. The van der Waals surface area contributed by atoms with Crippen molar-refractivity contribution < 1.29 is 23.7 Å². The lowest BCUT2D eigenvalue weighted by atomic mass is 10.2. The van der Waals surface area contributed by atoms with Gasteiger partial charge in [-0.1, -0.05) is 23.2 Å². The topological polar surface area (TPSA) is 154 Å². The fourth-order valence-corrected chi connectivity index (χ4v) is 8.84. The van der Waals surface area contributed by atoms with E-state index in [0.29, 0.717) is 34.6 Å². The van der Waals surface area contributed by atoms with Gasteiger partial charge < -0.3 is 43.9 Å². The smallest absolute Gasteiger partial charge is 0.180 e. The molecule has 4 aliphatic heterocycles. The van der Waals surface area contributed by atoms with Gasteiger partial charge in [0, 0.05) is 89.7 Å². The minimum atomic E-state index is 0.577. The van der Waals surface area contributed by atoms with Crippen LogP contribution in [0.5, 0.6) is 11.5 Å². The Hall–Kier alpha value is -4.78. The van der Waals surface area contributed by atoms with Crippen LogP contribution in [-0.2, 0) is 14.2 Å². The zero-order valence-corrected chi connectivity index (χ0v) is 37.7. The van der Waals surface area contributed by atoms with Gasteiger partial charge in [-0.05, 0) is 61.4 Å². The minimum absolute atomic E-state index is 0.577. The summed E-state index contributed by atoms with van der Waals surface area (Å²) in [6.07, 6.45) is 5.73. The number of pyridine rings is 2. The molecule has 4 aliphatic rings. The highest BCUT2D eigenvalue weighted by Crippen LogP contribution is 2.36. The molecule has 4 fully saturated rings. The van der Waals surface area contributed by atoms with Crippen LogP contribution in [0.25, 0.3) is 45.1 Å². The Morgan fingerprint density at radius 1 is 0.562 bits per heavy atom. The van der Waals surface area contributed by atoms with Crippen LogP contribution in [0.4, 0.5) is 11.4 Å². The number of ether oxygens (including phenoxy) is 5. The van der Waals surface area contributed by atoms with Crippen LogP contribution < -0.4 is 19.7 Å². The molecule has 0 spiro atoms. The zero-order valence-electron chi connectivity index (χ0n) is 36.2. The number of hydrogen-bond acceptors (Lipinski definition) is 14. The van der Waals surface area contributed by atoms with Crippen LogP contribution in [-0.4, -0.2) is 176 Å². The fraction of sp³-hybridized carbons (Fsp3) is 0.478. The predicted molar refractivity (Wildman–Crippen MR) is 251 cm³/mol. The molecule has 16 nitrogen and oxygen atoms in total. The average molecular weight is 915 g/mol. The van der Waals surface area contributed by atoms with Crippen LogP contribution in [0, 0.1) is 0 Å². The van der Waals surface area contributed by atoms with Gasteiger partial charge in [0.05, 0.1) is 73.5 Å². The summed E-state index contributed by atoms with van der Waals surface area (Å²) < 4.78 is 28.0. The maximum atomic E-state index is 6.49. The van der Waals surface area contributed by atoms with Crippen molar-refractivity contribution in [3.05, 3.63) is 71.0 Å². The van der Waals surface area contributed by atoms with Gasteiger partial charge >= 0.3 is 0 Å². The normalized spacial score (nSPS) is 17.8. The second-order valence-electron chi connectivity index (χ2n) is 16.2. The summed E-state index contributed by atoms with van der Waals surface area (Å²) in [5.74, 6) is 3.25. The van der Waals surface area contributed by atoms with Crippen molar-refractivity contribution in [2.45, 2.75) is 12.8 Å². The molecular weight excluding hydrogens is 857 g/mol. The zero-order chi connectivity index (χ0) is 43.5. The first-order valence-electron chi connectivity index (χ1n) is 22.5. The highest BCUT2D eigenvalue weighted by atomic mass is 35.5. The van der Waals surface area contributed by atoms with Gasteiger partial charge in [0.2, 0.25) is 0 Å². The summed E-state index contributed by atoms with van der Waals surface area (Å²) in [5, 5.41) is 4.72. The van der Waals surface area contributed by atoms with E-state index in [1.165, 1.54) is 12.8 Å². The lowest BCUT2D eigenvalue weighted by molar-refractivity contribution is 0.0321. The van der Waals surface area contributed by atoms with E-state index in [9.17, 15) is 0 Å². The molecule has 10 rings (SSSR count). The fourth-order valence-electron chi connectivity index (χ4n) is 8.37. The maximum Gasteiger partial charge on any atom is 0.180 e. The van der Waals surface area contributed by atoms with Crippen molar-refractivity contribution in [3.63, 3.8) is 0 Å². The molecule has 2 aromatic carbocycles. The van der Waals surface area contributed by atoms with Crippen molar-refractivity contribution in [2.75, 3.05) is 142 Å². The van der Waals surface area contributed by atoms with Gasteiger partial charge in [-0.3, -0.25) is 14.7 Å².